The second kappa shape index (κ2) is 4.25. The highest BCUT2D eigenvalue weighted by molar-refractivity contribution is 5.45. The van der Waals surface area contributed by atoms with E-state index < -0.39 is 0 Å². The predicted molar refractivity (Wildman–Crippen MR) is 75.8 cm³/mol. The molecule has 1 aliphatic rings. The fourth-order valence-electron chi connectivity index (χ4n) is 2.97. The number of fused-ring (bicyclic) bond motifs is 1. The van der Waals surface area contributed by atoms with E-state index in [-0.39, 0.29) is 5.54 Å². The van der Waals surface area contributed by atoms with Crippen molar-refractivity contribution in [2.75, 3.05) is 6.54 Å². The summed E-state index contributed by atoms with van der Waals surface area (Å²) < 4.78 is 0. The van der Waals surface area contributed by atoms with Gasteiger partial charge in [0.2, 0.25) is 0 Å². The molecule has 2 atom stereocenters. The maximum Gasteiger partial charge on any atom is 0.0664 e. The Morgan fingerprint density at radius 3 is 2.44 bits per heavy atom. The minimum absolute atomic E-state index is 0.0651. The molecule has 2 aromatic rings. The summed E-state index contributed by atoms with van der Waals surface area (Å²) in [5.74, 6) is 0.581. The Hall–Kier alpha value is -1.60. The van der Waals surface area contributed by atoms with Crippen LogP contribution in [0.5, 0.6) is 0 Å². The van der Waals surface area contributed by atoms with Gasteiger partial charge in [0.1, 0.15) is 0 Å². The zero-order valence-corrected chi connectivity index (χ0v) is 11.0. The summed E-state index contributed by atoms with van der Waals surface area (Å²) in [6, 6.07) is 19.5. The molecule has 0 aromatic heterocycles. The Morgan fingerprint density at radius 2 is 1.67 bits per heavy atom. The molecule has 0 amide bonds. The minimum Gasteiger partial charge on any atom is -0.303 e. The van der Waals surface area contributed by atoms with Crippen LogP contribution >= 0.6 is 0 Å². The molecular formula is C17H19N. The van der Waals surface area contributed by atoms with Gasteiger partial charge in [-0.1, -0.05) is 61.5 Å². The number of benzene rings is 2. The Bertz CT molecular complexity index is 547. The van der Waals surface area contributed by atoms with Crippen LogP contribution in [-0.2, 0) is 5.54 Å². The third-order valence-electron chi connectivity index (χ3n) is 4.14. The first kappa shape index (κ1) is 11.5. The molecule has 1 N–H and O–H groups in total. The van der Waals surface area contributed by atoms with Crippen molar-refractivity contribution in [2.45, 2.75) is 25.3 Å². The van der Waals surface area contributed by atoms with E-state index in [1.54, 1.807) is 0 Å². The summed E-state index contributed by atoms with van der Waals surface area (Å²) in [7, 11) is 0. The van der Waals surface area contributed by atoms with Gasteiger partial charge in [0, 0.05) is 6.54 Å². The molecule has 0 radical (unpaired) electrons. The number of rotatable bonds is 1. The number of hydrogen-bond acceptors (Lipinski definition) is 1. The van der Waals surface area contributed by atoms with Gasteiger partial charge in [-0.15, -0.1) is 0 Å². The lowest BCUT2D eigenvalue weighted by molar-refractivity contribution is 0.389. The van der Waals surface area contributed by atoms with Crippen molar-refractivity contribution in [3.05, 3.63) is 71.3 Å². The van der Waals surface area contributed by atoms with Gasteiger partial charge in [-0.25, -0.2) is 0 Å². The molecule has 0 aliphatic carbocycles. The first-order valence-electron chi connectivity index (χ1n) is 6.62. The van der Waals surface area contributed by atoms with Gasteiger partial charge in [0.15, 0.2) is 0 Å². The van der Waals surface area contributed by atoms with Crippen molar-refractivity contribution < 1.29 is 0 Å². The first-order valence-corrected chi connectivity index (χ1v) is 6.62. The van der Waals surface area contributed by atoms with E-state index in [4.69, 9.17) is 0 Å². The topological polar surface area (TPSA) is 12.0 Å². The Morgan fingerprint density at radius 1 is 1.00 bits per heavy atom. The highest BCUT2D eigenvalue weighted by atomic mass is 15.0. The van der Waals surface area contributed by atoms with Crippen LogP contribution < -0.4 is 5.32 Å². The zero-order valence-electron chi connectivity index (χ0n) is 11.0. The highest BCUT2D eigenvalue weighted by Gasteiger charge is 2.35. The van der Waals surface area contributed by atoms with Gasteiger partial charge in [-0.3, -0.25) is 0 Å². The molecule has 2 unspecified atom stereocenters. The summed E-state index contributed by atoms with van der Waals surface area (Å²) in [5.41, 5.74) is 4.16. The molecule has 1 heterocycles. The Balaban J connectivity index is 2.17. The van der Waals surface area contributed by atoms with Gasteiger partial charge >= 0.3 is 0 Å². The summed E-state index contributed by atoms with van der Waals surface area (Å²) >= 11 is 0. The van der Waals surface area contributed by atoms with Crippen molar-refractivity contribution in [3.8, 4) is 0 Å². The third kappa shape index (κ3) is 1.67. The Labute approximate surface area is 109 Å². The summed E-state index contributed by atoms with van der Waals surface area (Å²) in [6.45, 7) is 5.60. The predicted octanol–water partition coefficient (Wildman–Crippen LogP) is 3.66. The van der Waals surface area contributed by atoms with Gasteiger partial charge in [0.05, 0.1) is 5.54 Å². The highest BCUT2D eigenvalue weighted by Crippen LogP contribution is 2.38. The van der Waals surface area contributed by atoms with Crippen molar-refractivity contribution in [3.63, 3.8) is 0 Å². The molecule has 1 heteroatoms. The molecule has 1 nitrogen and oxygen atoms in total. The van der Waals surface area contributed by atoms with Crippen LogP contribution in [0.2, 0.25) is 0 Å². The molecule has 0 spiro atoms. The molecule has 92 valence electrons. The molecule has 1 aliphatic heterocycles. The lowest BCUT2D eigenvalue weighted by atomic mass is 9.76. The average Bonchev–Trinajstić information content (AvgIpc) is 2.44. The van der Waals surface area contributed by atoms with E-state index in [0.29, 0.717) is 5.92 Å². The lowest BCUT2D eigenvalue weighted by Gasteiger charge is -2.40. The maximum atomic E-state index is 3.72. The van der Waals surface area contributed by atoms with Crippen molar-refractivity contribution in [2.24, 2.45) is 0 Å². The van der Waals surface area contributed by atoms with Crippen LogP contribution in [0.15, 0.2) is 54.6 Å². The summed E-state index contributed by atoms with van der Waals surface area (Å²) in [4.78, 5) is 0. The van der Waals surface area contributed by atoms with Crippen molar-refractivity contribution >= 4 is 0 Å². The number of hydrogen-bond donors (Lipinski definition) is 1. The van der Waals surface area contributed by atoms with Gasteiger partial charge < -0.3 is 5.32 Å². The fourth-order valence-corrected chi connectivity index (χ4v) is 2.97. The summed E-state index contributed by atoms with van der Waals surface area (Å²) in [5, 5.41) is 3.72. The minimum atomic E-state index is -0.0651. The summed E-state index contributed by atoms with van der Waals surface area (Å²) in [6.07, 6.45) is 0. The zero-order chi connectivity index (χ0) is 12.6. The van der Waals surface area contributed by atoms with Crippen LogP contribution in [-0.4, -0.2) is 6.54 Å². The fraction of sp³-hybridized carbons (Fsp3) is 0.294. The standard InChI is InChI=1S/C17H19N/c1-13-12-18-17(2,14-8-4-3-5-9-14)16-11-7-6-10-15(13)16/h3-11,13,18H,12H2,1-2H3. The molecule has 0 bridgehead atoms. The van der Waals surface area contributed by atoms with E-state index in [9.17, 15) is 0 Å². The van der Waals surface area contributed by atoms with Crippen LogP contribution in [0, 0.1) is 0 Å². The number of nitrogens with one attached hydrogen (secondary N) is 1. The quantitative estimate of drug-likeness (QED) is 0.798. The van der Waals surface area contributed by atoms with E-state index in [1.807, 2.05) is 0 Å². The average molecular weight is 237 g/mol. The molecular weight excluding hydrogens is 218 g/mol. The van der Waals surface area contributed by atoms with Gasteiger partial charge in [-0.05, 0) is 29.5 Å². The molecule has 3 rings (SSSR count). The maximum absolute atomic E-state index is 3.72. The molecule has 2 aromatic carbocycles. The molecule has 0 saturated carbocycles. The third-order valence-corrected chi connectivity index (χ3v) is 4.14. The van der Waals surface area contributed by atoms with E-state index >= 15 is 0 Å². The van der Waals surface area contributed by atoms with E-state index in [1.165, 1.54) is 16.7 Å². The second-order valence-corrected chi connectivity index (χ2v) is 5.36. The van der Waals surface area contributed by atoms with Crippen molar-refractivity contribution in [1.29, 1.82) is 0 Å². The molecule has 18 heavy (non-hydrogen) atoms. The monoisotopic (exact) mass is 237 g/mol. The molecule has 0 fully saturated rings. The Kier molecular flexibility index (Phi) is 2.71. The lowest BCUT2D eigenvalue weighted by Crippen LogP contribution is -2.46. The first-order chi connectivity index (χ1) is 8.72. The van der Waals surface area contributed by atoms with E-state index in [2.05, 4.69) is 73.8 Å². The SMILES string of the molecule is CC1CNC(C)(c2ccccc2)c2ccccc21. The van der Waals surface area contributed by atoms with Crippen LogP contribution in [0.1, 0.15) is 36.5 Å². The van der Waals surface area contributed by atoms with Crippen LogP contribution in [0.25, 0.3) is 0 Å². The van der Waals surface area contributed by atoms with Crippen LogP contribution in [0.3, 0.4) is 0 Å². The van der Waals surface area contributed by atoms with Gasteiger partial charge in [0.25, 0.3) is 0 Å². The normalized spacial score (nSPS) is 26.7. The van der Waals surface area contributed by atoms with E-state index in [0.717, 1.165) is 6.54 Å². The molecule has 0 saturated heterocycles. The largest absolute Gasteiger partial charge is 0.303 e. The van der Waals surface area contributed by atoms with Crippen molar-refractivity contribution in [1.82, 2.24) is 5.32 Å². The van der Waals surface area contributed by atoms with Crippen LogP contribution in [0.4, 0.5) is 0 Å². The van der Waals surface area contributed by atoms with Gasteiger partial charge in [-0.2, -0.15) is 0 Å². The smallest absolute Gasteiger partial charge is 0.0664 e. The second-order valence-electron chi connectivity index (χ2n) is 5.36.